The van der Waals surface area contributed by atoms with Crippen LogP contribution >= 0.6 is 11.6 Å². The van der Waals surface area contributed by atoms with E-state index in [0.717, 1.165) is 25.8 Å². The molecule has 0 aliphatic carbocycles. The van der Waals surface area contributed by atoms with Crippen LogP contribution in [0.4, 0.5) is 0 Å². The molecule has 1 saturated heterocycles. The molecule has 1 aromatic heterocycles. The van der Waals surface area contributed by atoms with Crippen molar-refractivity contribution in [3.05, 3.63) is 17.7 Å². The normalized spacial score (nSPS) is 17.9. The molecule has 1 atom stereocenters. The molecule has 2 rings (SSSR count). The maximum absolute atomic E-state index is 10.8. The van der Waals surface area contributed by atoms with Crippen LogP contribution in [-0.4, -0.2) is 40.5 Å². The van der Waals surface area contributed by atoms with Gasteiger partial charge in [-0.25, -0.2) is 9.97 Å². The maximum atomic E-state index is 10.8. The molecule has 1 aliphatic rings. The molecule has 0 radical (unpaired) electrons. The molecule has 15 heavy (non-hydrogen) atoms. The Morgan fingerprint density at radius 1 is 1.47 bits per heavy atom. The van der Waals surface area contributed by atoms with E-state index >= 15 is 0 Å². The molecule has 0 aromatic carbocycles. The summed E-state index contributed by atoms with van der Waals surface area (Å²) < 4.78 is 5.40. The number of likely N-dealkylation sites (tertiary alicyclic amines) is 1. The van der Waals surface area contributed by atoms with Crippen LogP contribution < -0.4 is 4.74 Å². The Hall–Kier alpha value is -1.20. The van der Waals surface area contributed by atoms with E-state index in [2.05, 4.69) is 9.97 Å². The molecule has 80 valence electrons. The van der Waals surface area contributed by atoms with Gasteiger partial charge in [-0.3, -0.25) is 9.69 Å². The monoisotopic (exact) mass is 227 g/mol. The molecule has 0 spiro atoms. The van der Waals surface area contributed by atoms with Crippen molar-refractivity contribution in [1.82, 2.24) is 14.9 Å². The highest BCUT2D eigenvalue weighted by Crippen LogP contribution is 2.15. The van der Waals surface area contributed by atoms with Crippen LogP contribution in [0.2, 0.25) is 5.28 Å². The number of halogens is 1. The molecule has 0 N–H and O–H groups in total. The second-order valence-electron chi connectivity index (χ2n) is 3.22. The van der Waals surface area contributed by atoms with Crippen LogP contribution in [0.15, 0.2) is 12.4 Å². The van der Waals surface area contributed by atoms with Gasteiger partial charge in [-0.15, -0.1) is 0 Å². The average Bonchev–Trinajstić information content (AvgIpc) is 2.17. The Balaban J connectivity index is 1.99. The number of carbonyl (C=O) groups excluding carboxylic acids is 1. The zero-order valence-electron chi connectivity index (χ0n) is 7.97. The Kier molecular flexibility index (Phi) is 3.13. The topological polar surface area (TPSA) is 55.3 Å². The van der Waals surface area contributed by atoms with E-state index in [1.165, 1.54) is 12.4 Å². The fraction of sp³-hybridized carbons (Fsp3) is 0.444. The van der Waals surface area contributed by atoms with Crippen molar-refractivity contribution in [3.63, 3.8) is 0 Å². The molecule has 0 bridgehead atoms. The van der Waals surface area contributed by atoms with Crippen molar-refractivity contribution in [2.24, 2.45) is 0 Å². The van der Waals surface area contributed by atoms with Crippen molar-refractivity contribution in [1.29, 1.82) is 0 Å². The van der Waals surface area contributed by atoms with Gasteiger partial charge in [0, 0.05) is 13.1 Å². The van der Waals surface area contributed by atoms with Crippen LogP contribution in [0.5, 0.6) is 5.75 Å². The second-order valence-corrected chi connectivity index (χ2v) is 3.56. The summed E-state index contributed by atoms with van der Waals surface area (Å²) in [7, 11) is 0. The Morgan fingerprint density at radius 2 is 2.13 bits per heavy atom. The van der Waals surface area contributed by atoms with Gasteiger partial charge in [-0.1, -0.05) is 0 Å². The Morgan fingerprint density at radius 3 is 2.60 bits per heavy atom. The van der Waals surface area contributed by atoms with Gasteiger partial charge in [0.05, 0.1) is 12.4 Å². The molecule has 5 nitrogen and oxygen atoms in total. The smallest absolute Gasteiger partial charge is 0.222 e. The van der Waals surface area contributed by atoms with Gasteiger partial charge < -0.3 is 4.74 Å². The predicted octanol–water partition coefficient (Wildman–Crippen LogP) is 0.740. The standard InChI is InChI=1S/C9H10ClN3O2/c10-9-11-4-7(5-12-9)15-8(6-14)13-2-1-3-13/h4-6,8H,1-3H2/t8-/m0/s1. The second kappa shape index (κ2) is 4.55. The van der Waals surface area contributed by atoms with Gasteiger partial charge in [0.1, 0.15) is 0 Å². The number of hydrogen-bond donors (Lipinski definition) is 0. The van der Waals surface area contributed by atoms with E-state index in [-0.39, 0.29) is 5.28 Å². The highest BCUT2D eigenvalue weighted by molar-refractivity contribution is 6.28. The summed E-state index contributed by atoms with van der Waals surface area (Å²) in [5.41, 5.74) is 0. The fourth-order valence-electron chi connectivity index (χ4n) is 1.28. The van der Waals surface area contributed by atoms with Crippen LogP contribution in [0.1, 0.15) is 6.42 Å². The van der Waals surface area contributed by atoms with E-state index in [1.807, 2.05) is 4.90 Å². The number of rotatable bonds is 4. The van der Waals surface area contributed by atoms with E-state index in [4.69, 9.17) is 16.3 Å². The minimum absolute atomic E-state index is 0.161. The van der Waals surface area contributed by atoms with Crippen LogP contribution in [0, 0.1) is 0 Å². The summed E-state index contributed by atoms with van der Waals surface area (Å²) in [5, 5.41) is 0.161. The number of aldehydes is 1. The zero-order chi connectivity index (χ0) is 10.7. The van der Waals surface area contributed by atoms with Crippen molar-refractivity contribution < 1.29 is 9.53 Å². The lowest BCUT2D eigenvalue weighted by Crippen LogP contribution is -2.48. The molecule has 0 unspecified atom stereocenters. The quantitative estimate of drug-likeness (QED) is 0.561. The van der Waals surface area contributed by atoms with Gasteiger partial charge in [0.2, 0.25) is 11.5 Å². The SMILES string of the molecule is O=C[C@H](Oc1cnc(Cl)nc1)N1CCC1. The number of hydrogen-bond acceptors (Lipinski definition) is 5. The first-order valence-electron chi connectivity index (χ1n) is 4.63. The maximum Gasteiger partial charge on any atom is 0.222 e. The highest BCUT2D eigenvalue weighted by atomic mass is 35.5. The van der Waals surface area contributed by atoms with Crippen molar-refractivity contribution in [3.8, 4) is 5.75 Å². The zero-order valence-corrected chi connectivity index (χ0v) is 8.72. The minimum Gasteiger partial charge on any atom is -0.465 e. The number of aromatic nitrogens is 2. The van der Waals surface area contributed by atoms with Gasteiger partial charge in [0.15, 0.2) is 12.0 Å². The Bertz CT molecular complexity index is 340. The minimum atomic E-state index is -0.538. The van der Waals surface area contributed by atoms with Crippen molar-refractivity contribution in [2.45, 2.75) is 12.6 Å². The Labute approximate surface area is 92.0 Å². The van der Waals surface area contributed by atoms with Crippen molar-refractivity contribution in [2.75, 3.05) is 13.1 Å². The first kappa shape index (κ1) is 10.3. The van der Waals surface area contributed by atoms with Crippen LogP contribution in [0.25, 0.3) is 0 Å². The largest absolute Gasteiger partial charge is 0.465 e. The van der Waals surface area contributed by atoms with E-state index in [1.54, 1.807) is 0 Å². The summed E-state index contributed by atoms with van der Waals surface area (Å²) >= 11 is 5.53. The fourth-order valence-corrected chi connectivity index (χ4v) is 1.38. The van der Waals surface area contributed by atoms with Gasteiger partial charge in [-0.2, -0.15) is 0 Å². The molecule has 6 heteroatoms. The van der Waals surface area contributed by atoms with Crippen LogP contribution in [-0.2, 0) is 4.79 Å². The van der Waals surface area contributed by atoms with Crippen LogP contribution in [0.3, 0.4) is 0 Å². The van der Waals surface area contributed by atoms with Gasteiger partial charge in [-0.05, 0) is 18.0 Å². The summed E-state index contributed by atoms with van der Waals surface area (Å²) in [5.74, 6) is 0.448. The van der Waals surface area contributed by atoms with E-state index < -0.39 is 6.23 Å². The van der Waals surface area contributed by atoms with Crippen molar-refractivity contribution >= 4 is 17.9 Å². The number of nitrogens with zero attached hydrogens (tertiary/aromatic N) is 3. The van der Waals surface area contributed by atoms with E-state index in [9.17, 15) is 4.79 Å². The molecule has 1 fully saturated rings. The lowest BCUT2D eigenvalue weighted by molar-refractivity contribution is -0.124. The highest BCUT2D eigenvalue weighted by Gasteiger charge is 2.24. The first-order chi connectivity index (χ1) is 7.29. The molecule has 1 aliphatic heterocycles. The summed E-state index contributed by atoms with van der Waals surface area (Å²) in [6.45, 7) is 1.77. The molecular formula is C9H10ClN3O2. The first-order valence-corrected chi connectivity index (χ1v) is 5.01. The predicted molar refractivity (Wildman–Crippen MR) is 53.7 cm³/mol. The van der Waals surface area contributed by atoms with Gasteiger partial charge >= 0.3 is 0 Å². The third-order valence-corrected chi connectivity index (χ3v) is 2.42. The lowest BCUT2D eigenvalue weighted by Gasteiger charge is -2.34. The third-order valence-electron chi connectivity index (χ3n) is 2.22. The average molecular weight is 228 g/mol. The number of carbonyl (C=O) groups is 1. The van der Waals surface area contributed by atoms with Gasteiger partial charge in [0.25, 0.3) is 0 Å². The molecule has 0 saturated carbocycles. The molecule has 0 amide bonds. The summed E-state index contributed by atoms with van der Waals surface area (Å²) in [6.07, 6.45) is 4.24. The molecular weight excluding hydrogens is 218 g/mol. The third kappa shape index (κ3) is 2.43. The summed E-state index contributed by atoms with van der Waals surface area (Å²) in [4.78, 5) is 20.2. The van der Waals surface area contributed by atoms with E-state index in [0.29, 0.717) is 5.75 Å². The number of ether oxygens (including phenoxy) is 1. The molecule has 2 heterocycles. The molecule has 1 aromatic rings. The lowest BCUT2D eigenvalue weighted by atomic mass is 10.2. The summed E-state index contributed by atoms with van der Waals surface area (Å²) in [6, 6.07) is 0.